The van der Waals surface area contributed by atoms with Gasteiger partial charge in [-0.05, 0) is 46.2 Å². The van der Waals surface area contributed by atoms with Gasteiger partial charge in [0.2, 0.25) is 0 Å². The van der Waals surface area contributed by atoms with E-state index in [4.69, 9.17) is 16.3 Å². The molecular formula is C12H18ClNO4S2. The SMILES string of the molecule is Cc1cc(S(=O)(=O)N[C@H](C)C(=O)OC(C)(C)C)sc1Cl. The molecule has 0 unspecified atom stereocenters. The van der Waals surface area contributed by atoms with E-state index in [1.165, 1.54) is 13.0 Å². The highest BCUT2D eigenvalue weighted by Gasteiger charge is 2.27. The molecule has 5 nitrogen and oxygen atoms in total. The number of sulfonamides is 1. The third kappa shape index (κ3) is 4.73. The number of nitrogens with one attached hydrogen (secondary N) is 1. The minimum atomic E-state index is -3.78. The van der Waals surface area contributed by atoms with E-state index in [2.05, 4.69) is 4.72 Å². The summed E-state index contributed by atoms with van der Waals surface area (Å²) in [7, 11) is -3.78. The molecule has 0 saturated heterocycles. The van der Waals surface area contributed by atoms with Gasteiger partial charge in [0.05, 0.1) is 4.34 Å². The Balaban J connectivity index is 2.83. The second kappa shape index (κ2) is 6.01. The first kappa shape index (κ1) is 17.4. The number of hydrogen-bond donors (Lipinski definition) is 1. The van der Waals surface area contributed by atoms with Gasteiger partial charge in [-0.25, -0.2) is 8.42 Å². The number of esters is 1. The highest BCUT2D eigenvalue weighted by Crippen LogP contribution is 2.30. The van der Waals surface area contributed by atoms with Crippen molar-refractivity contribution >= 4 is 38.9 Å². The zero-order chi connectivity index (χ0) is 15.7. The molecule has 0 amide bonds. The van der Waals surface area contributed by atoms with Crippen LogP contribution in [0.1, 0.15) is 33.3 Å². The van der Waals surface area contributed by atoms with Gasteiger partial charge in [0.15, 0.2) is 0 Å². The lowest BCUT2D eigenvalue weighted by Gasteiger charge is -2.22. The molecule has 0 saturated carbocycles. The molecule has 8 heteroatoms. The Morgan fingerprint density at radius 2 is 2.00 bits per heavy atom. The summed E-state index contributed by atoms with van der Waals surface area (Å²) in [5.41, 5.74) is 0.0153. The minimum absolute atomic E-state index is 0.0791. The number of carbonyl (C=O) groups excluding carboxylic acids is 1. The average molecular weight is 340 g/mol. The molecule has 0 aromatic carbocycles. The molecule has 20 heavy (non-hydrogen) atoms. The molecule has 1 N–H and O–H groups in total. The Morgan fingerprint density at radius 1 is 1.45 bits per heavy atom. The molecule has 1 aromatic rings. The molecule has 114 valence electrons. The smallest absolute Gasteiger partial charge is 0.324 e. The molecule has 1 atom stereocenters. The van der Waals surface area contributed by atoms with Gasteiger partial charge in [-0.15, -0.1) is 11.3 Å². The van der Waals surface area contributed by atoms with Gasteiger partial charge in [-0.3, -0.25) is 4.79 Å². The molecule has 0 radical (unpaired) electrons. The molecule has 1 heterocycles. The second-order valence-electron chi connectivity index (χ2n) is 5.40. The van der Waals surface area contributed by atoms with E-state index in [9.17, 15) is 13.2 Å². The van der Waals surface area contributed by atoms with Crippen molar-refractivity contribution in [2.45, 2.75) is 50.5 Å². The molecule has 0 bridgehead atoms. The summed E-state index contributed by atoms with van der Waals surface area (Å²) in [5, 5.41) is 0. The third-order valence-electron chi connectivity index (χ3n) is 2.19. The van der Waals surface area contributed by atoms with Gasteiger partial charge in [-0.2, -0.15) is 4.72 Å². The first-order valence-electron chi connectivity index (χ1n) is 5.93. The van der Waals surface area contributed by atoms with E-state index in [1.54, 1.807) is 27.7 Å². The minimum Gasteiger partial charge on any atom is -0.459 e. The first-order chi connectivity index (χ1) is 8.92. The molecule has 1 rings (SSSR count). The van der Waals surface area contributed by atoms with Crippen molar-refractivity contribution in [3.63, 3.8) is 0 Å². The Hall–Kier alpha value is -0.630. The zero-order valence-electron chi connectivity index (χ0n) is 12.0. The van der Waals surface area contributed by atoms with Crippen molar-refractivity contribution in [3.05, 3.63) is 16.0 Å². The normalized spacial score (nSPS) is 14.1. The summed E-state index contributed by atoms with van der Waals surface area (Å²) in [4.78, 5) is 11.8. The zero-order valence-corrected chi connectivity index (χ0v) is 14.4. The Bertz CT molecular complexity index is 582. The maximum Gasteiger partial charge on any atom is 0.324 e. The van der Waals surface area contributed by atoms with Gasteiger partial charge in [0.25, 0.3) is 10.0 Å². The van der Waals surface area contributed by atoms with Crippen molar-refractivity contribution in [3.8, 4) is 0 Å². The fourth-order valence-electron chi connectivity index (χ4n) is 1.29. The molecule has 0 fully saturated rings. The van der Waals surface area contributed by atoms with E-state index >= 15 is 0 Å². The quantitative estimate of drug-likeness (QED) is 0.856. The van der Waals surface area contributed by atoms with Crippen LogP contribution in [-0.2, 0) is 19.6 Å². The summed E-state index contributed by atoms with van der Waals surface area (Å²) in [6.07, 6.45) is 0. The standard InChI is InChI=1S/C12H18ClNO4S2/c1-7-6-9(19-10(7)13)20(16,17)14-8(2)11(15)18-12(3,4)5/h6,8,14H,1-5H3/t8-/m1/s1. The molecule has 0 aliphatic heterocycles. The van der Waals surface area contributed by atoms with Crippen LogP contribution >= 0.6 is 22.9 Å². The molecule has 0 aliphatic rings. The highest BCUT2D eigenvalue weighted by molar-refractivity contribution is 7.91. The molecule has 1 aromatic heterocycles. The van der Waals surface area contributed by atoms with Crippen LogP contribution in [0.25, 0.3) is 0 Å². The lowest BCUT2D eigenvalue weighted by molar-refractivity contribution is -0.156. The predicted octanol–water partition coefficient (Wildman–Crippen LogP) is 2.72. The Kier molecular flexibility index (Phi) is 5.23. The van der Waals surface area contributed by atoms with Crippen LogP contribution in [0.5, 0.6) is 0 Å². The summed E-state index contributed by atoms with van der Waals surface area (Å²) < 4.78 is 32.1. The number of carbonyl (C=O) groups is 1. The summed E-state index contributed by atoms with van der Waals surface area (Å²) >= 11 is 6.81. The monoisotopic (exact) mass is 339 g/mol. The maximum atomic E-state index is 12.1. The maximum absolute atomic E-state index is 12.1. The van der Waals surface area contributed by atoms with Crippen LogP contribution in [0, 0.1) is 6.92 Å². The van der Waals surface area contributed by atoms with Gasteiger partial charge in [0, 0.05) is 0 Å². The largest absolute Gasteiger partial charge is 0.459 e. The predicted molar refractivity (Wildman–Crippen MR) is 79.7 cm³/mol. The van der Waals surface area contributed by atoms with Crippen molar-refractivity contribution in [1.29, 1.82) is 0 Å². The van der Waals surface area contributed by atoms with Crippen molar-refractivity contribution in [2.75, 3.05) is 0 Å². The van der Waals surface area contributed by atoms with Crippen LogP contribution in [-0.4, -0.2) is 26.0 Å². The van der Waals surface area contributed by atoms with E-state index < -0.39 is 27.6 Å². The third-order valence-corrected chi connectivity index (χ3v) is 5.76. The van der Waals surface area contributed by atoms with E-state index in [-0.39, 0.29) is 4.21 Å². The van der Waals surface area contributed by atoms with Crippen LogP contribution < -0.4 is 4.72 Å². The van der Waals surface area contributed by atoms with Gasteiger partial charge < -0.3 is 4.74 Å². The van der Waals surface area contributed by atoms with Crippen LogP contribution in [0.2, 0.25) is 4.34 Å². The van der Waals surface area contributed by atoms with E-state index in [0.717, 1.165) is 11.3 Å². The Morgan fingerprint density at radius 3 is 2.40 bits per heavy atom. The summed E-state index contributed by atoms with van der Waals surface area (Å²) in [5.74, 6) is -0.625. The molecule has 0 spiro atoms. The fraction of sp³-hybridized carbons (Fsp3) is 0.583. The lowest BCUT2D eigenvalue weighted by Crippen LogP contribution is -2.41. The highest BCUT2D eigenvalue weighted by atomic mass is 35.5. The average Bonchev–Trinajstić information content (AvgIpc) is 2.57. The van der Waals surface area contributed by atoms with E-state index in [1.807, 2.05) is 0 Å². The Labute approximate surface area is 128 Å². The molecular weight excluding hydrogens is 322 g/mol. The van der Waals surface area contributed by atoms with E-state index in [0.29, 0.717) is 9.90 Å². The fourth-order valence-corrected chi connectivity index (χ4v) is 4.21. The van der Waals surface area contributed by atoms with Gasteiger partial charge in [-0.1, -0.05) is 11.6 Å². The van der Waals surface area contributed by atoms with Crippen molar-refractivity contribution in [1.82, 2.24) is 4.72 Å². The number of hydrogen-bond acceptors (Lipinski definition) is 5. The van der Waals surface area contributed by atoms with Crippen LogP contribution in [0.3, 0.4) is 0 Å². The number of halogens is 1. The second-order valence-corrected chi connectivity index (χ2v) is 8.99. The van der Waals surface area contributed by atoms with Crippen LogP contribution in [0.4, 0.5) is 0 Å². The van der Waals surface area contributed by atoms with Crippen molar-refractivity contribution < 1.29 is 17.9 Å². The summed E-state index contributed by atoms with van der Waals surface area (Å²) in [6, 6.07) is 0.498. The van der Waals surface area contributed by atoms with Gasteiger partial charge in [0.1, 0.15) is 15.9 Å². The number of ether oxygens (including phenoxy) is 1. The topological polar surface area (TPSA) is 72.5 Å². The number of thiophene rings is 1. The van der Waals surface area contributed by atoms with Gasteiger partial charge >= 0.3 is 5.97 Å². The van der Waals surface area contributed by atoms with Crippen molar-refractivity contribution in [2.24, 2.45) is 0 Å². The first-order valence-corrected chi connectivity index (χ1v) is 8.61. The van der Waals surface area contributed by atoms with Crippen LogP contribution in [0.15, 0.2) is 10.3 Å². The number of aryl methyl sites for hydroxylation is 1. The number of rotatable bonds is 4. The molecule has 0 aliphatic carbocycles. The lowest BCUT2D eigenvalue weighted by atomic mass is 10.2. The summed E-state index contributed by atoms with van der Waals surface area (Å²) in [6.45, 7) is 8.31.